The summed E-state index contributed by atoms with van der Waals surface area (Å²) in [6.45, 7) is 11.3. The van der Waals surface area contributed by atoms with Crippen LogP contribution in [0.3, 0.4) is 0 Å². The predicted molar refractivity (Wildman–Crippen MR) is 160 cm³/mol. The van der Waals surface area contributed by atoms with E-state index in [1.54, 1.807) is 14.1 Å². The first-order chi connectivity index (χ1) is 19.7. The quantitative estimate of drug-likeness (QED) is 0.293. The minimum absolute atomic E-state index is 0.00787. The van der Waals surface area contributed by atoms with Gasteiger partial charge in [0.15, 0.2) is 11.4 Å². The normalized spacial score (nSPS) is 26.1. The molecule has 0 spiro atoms. The third-order valence-electron chi connectivity index (χ3n) is 9.36. The number of ether oxygens (including phenoxy) is 1. The fraction of sp³-hybridized carbons (Fsp3) is 0.594. The highest BCUT2D eigenvalue weighted by atomic mass is 16.5. The highest BCUT2D eigenvalue weighted by molar-refractivity contribution is 6.24. The summed E-state index contributed by atoms with van der Waals surface area (Å²) in [5, 5.41) is 45.5. The summed E-state index contributed by atoms with van der Waals surface area (Å²) in [4.78, 5) is 43.1. The standard InChI is InChI=1S/C32H45N3O8/c1-30(2,3)14-31(4,5)35(8)13-16-12-19(36)21-17(26(16)43-9)10-15-11-18-23(34(6)7)25(38)22(29(33)41)28(40)32(18,42)27(39)20(15)24(21)37/h12,15,18,23,36-37,40,42H,10-11,13-14H2,1-9H3,(H2,33,41)/t15-,18-,23-,32-/m0/s1. The fourth-order valence-electron chi connectivity index (χ4n) is 7.63. The van der Waals surface area contributed by atoms with Crippen molar-refractivity contribution in [2.75, 3.05) is 28.3 Å². The number of aliphatic hydroxyl groups is 3. The van der Waals surface area contributed by atoms with Crippen molar-refractivity contribution in [3.05, 3.63) is 39.7 Å². The lowest BCUT2D eigenvalue weighted by atomic mass is 9.57. The Kier molecular flexibility index (Phi) is 8.04. The number of phenols is 1. The number of ketones is 2. The molecule has 1 fully saturated rings. The summed E-state index contributed by atoms with van der Waals surface area (Å²) in [6.07, 6.45) is 1.08. The zero-order valence-corrected chi connectivity index (χ0v) is 26.5. The van der Waals surface area contributed by atoms with E-state index in [0.717, 1.165) is 6.42 Å². The van der Waals surface area contributed by atoms with Gasteiger partial charge in [-0.25, -0.2) is 0 Å². The van der Waals surface area contributed by atoms with Crippen molar-refractivity contribution < 1.29 is 39.5 Å². The van der Waals surface area contributed by atoms with E-state index in [2.05, 4.69) is 39.5 Å². The van der Waals surface area contributed by atoms with Crippen LogP contribution in [0.25, 0.3) is 5.76 Å². The van der Waals surface area contributed by atoms with Crippen LogP contribution in [0.1, 0.15) is 64.2 Å². The Labute approximate surface area is 252 Å². The molecule has 1 aromatic rings. The number of likely N-dealkylation sites (N-methyl/N-ethyl adjacent to an activating group) is 1. The van der Waals surface area contributed by atoms with Gasteiger partial charge in [0.05, 0.1) is 18.7 Å². The molecule has 11 nitrogen and oxygen atoms in total. The Morgan fingerprint density at radius 1 is 1.12 bits per heavy atom. The zero-order valence-electron chi connectivity index (χ0n) is 26.5. The Hall–Kier alpha value is -3.41. The molecule has 4 rings (SSSR count). The lowest BCUT2D eigenvalue weighted by Crippen LogP contribution is -2.65. The lowest BCUT2D eigenvalue weighted by Gasteiger charge is -2.50. The molecular weight excluding hydrogens is 554 g/mol. The average Bonchev–Trinajstić information content (AvgIpc) is 2.84. The second-order valence-electron chi connectivity index (χ2n) is 14.3. The second kappa shape index (κ2) is 10.6. The number of aliphatic hydroxyl groups excluding tert-OH is 2. The van der Waals surface area contributed by atoms with E-state index < -0.39 is 58.0 Å². The van der Waals surface area contributed by atoms with Crippen LogP contribution in [0.4, 0.5) is 0 Å². The number of rotatable bonds is 7. The Bertz CT molecular complexity index is 1450. The van der Waals surface area contributed by atoms with Crippen LogP contribution in [0.15, 0.2) is 23.0 Å². The molecule has 0 heterocycles. The summed E-state index contributed by atoms with van der Waals surface area (Å²) in [6, 6.07) is 0.366. The molecule has 0 aromatic heterocycles. The number of carbonyl (C=O) groups is 3. The largest absolute Gasteiger partial charge is 0.508 e. The van der Waals surface area contributed by atoms with Crippen LogP contribution >= 0.6 is 0 Å². The number of aromatic hydroxyl groups is 1. The van der Waals surface area contributed by atoms with Crippen LogP contribution in [0.2, 0.25) is 0 Å². The number of methoxy groups -OCH3 is 1. The first-order valence-electron chi connectivity index (χ1n) is 14.5. The lowest BCUT2D eigenvalue weighted by molar-refractivity contribution is -0.153. The van der Waals surface area contributed by atoms with Crippen LogP contribution in [-0.2, 0) is 27.3 Å². The Balaban J connectivity index is 1.86. The molecule has 11 heteroatoms. The number of hydrogen-bond acceptors (Lipinski definition) is 10. The molecule has 0 radical (unpaired) electrons. The van der Waals surface area contributed by atoms with E-state index >= 15 is 0 Å². The molecule has 236 valence electrons. The van der Waals surface area contributed by atoms with Gasteiger partial charge in [0.2, 0.25) is 5.78 Å². The molecule has 1 aromatic carbocycles. The van der Waals surface area contributed by atoms with Crippen LogP contribution in [0.5, 0.6) is 11.5 Å². The molecule has 43 heavy (non-hydrogen) atoms. The van der Waals surface area contributed by atoms with Crippen LogP contribution < -0.4 is 10.5 Å². The van der Waals surface area contributed by atoms with Crippen molar-refractivity contribution >= 4 is 23.2 Å². The van der Waals surface area contributed by atoms with Gasteiger partial charge in [0.25, 0.3) is 5.91 Å². The summed E-state index contributed by atoms with van der Waals surface area (Å²) >= 11 is 0. The molecule has 3 aliphatic rings. The molecule has 0 aliphatic heterocycles. The number of nitrogens with two attached hydrogens (primary N) is 1. The van der Waals surface area contributed by atoms with Crippen molar-refractivity contribution in [1.82, 2.24) is 9.80 Å². The monoisotopic (exact) mass is 599 g/mol. The van der Waals surface area contributed by atoms with Gasteiger partial charge in [0.1, 0.15) is 28.6 Å². The third-order valence-corrected chi connectivity index (χ3v) is 9.36. The van der Waals surface area contributed by atoms with Gasteiger partial charge in [-0.05, 0) is 71.7 Å². The third kappa shape index (κ3) is 5.11. The van der Waals surface area contributed by atoms with Crippen molar-refractivity contribution in [2.24, 2.45) is 23.0 Å². The highest BCUT2D eigenvalue weighted by Crippen LogP contribution is 2.54. The molecule has 0 saturated heterocycles. The predicted octanol–water partition coefficient (Wildman–Crippen LogP) is 2.62. The molecule has 1 amide bonds. The van der Waals surface area contributed by atoms with E-state index in [4.69, 9.17) is 10.5 Å². The molecular formula is C32H45N3O8. The highest BCUT2D eigenvalue weighted by Gasteiger charge is 2.64. The number of phenolic OH excluding ortho intramolecular Hbond substituents is 1. The fourth-order valence-corrected chi connectivity index (χ4v) is 7.63. The number of benzene rings is 1. The van der Waals surface area contributed by atoms with Crippen LogP contribution in [0, 0.1) is 17.3 Å². The number of amides is 1. The summed E-state index contributed by atoms with van der Waals surface area (Å²) in [5.41, 5.74) is 2.77. The number of carbonyl (C=O) groups excluding carboxylic acids is 3. The van der Waals surface area contributed by atoms with E-state index in [9.17, 15) is 34.8 Å². The van der Waals surface area contributed by atoms with Crippen molar-refractivity contribution in [3.63, 3.8) is 0 Å². The van der Waals surface area contributed by atoms with E-state index in [1.807, 2.05) is 7.05 Å². The maximum atomic E-state index is 14.0. The number of hydrogen-bond donors (Lipinski definition) is 5. The summed E-state index contributed by atoms with van der Waals surface area (Å²) in [5.74, 6) is -6.37. The zero-order chi connectivity index (χ0) is 32.6. The van der Waals surface area contributed by atoms with Gasteiger partial charge in [-0.15, -0.1) is 0 Å². The SMILES string of the molecule is COc1c(CN(C)C(C)(C)CC(C)(C)C)cc(O)c2c1C[C@H]1C[C@H]3[C@H](N(C)C)C(=O)C(C(N)=O)=C(O)[C@@]3(O)C(=O)C1=C2O. The van der Waals surface area contributed by atoms with Crippen LogP contribution in [-0.4, -0.2) is 93.1 Å². The van der Waals surface area contributed by atoms with Gasteiger partial charge in [0, 0.05) is 34.7 Å². The topological polar surface area (TPSA) is 174 Å². The van der Waals surface area contributed by atoms with E-state index in [-0.39, 0.29) is 40.7 Å². The first-order valence-corrected chi connectivity index (χ1v) is 14.5. The second-order valence-corrected chi connectivity index (χ2v) is 14.3. The molecule has 4 atom stereocenters. The Morgan fingerprint density at radius 2 is 1.72 bits per heavy atom. The number of fused-ring (bicyclic) bond motifs is 3. The summed E-state index contributed by atoms with van der Waals surface area (Å²) in [7, 11) is 6.64. The molecule has 6 N–H and O–H groups in total. The van der Waals surface area contributed by atoms with Gasteiger partial charge < -0.3 is 30.9 Å². The maximum Gasteiger partial charge on any atom is 0.255 e. The van der Waals surface area contributed by atoms with Gasteiger partial charge >= 0.3 is 0 Å². The first kappa shape index (κ1) is 32.5. The van der Waals surface area contributed by atoms with Crippen molar-refractivity contribution in [2.45, 2.75) is 77.6 Å². The average molecular weight is 600 g/mol. The molecule has 1 saturated carbocycles. The molecule has 0 unspecified atom stereocenters. The minimum Gasteiger partial charge on any atom is -0.508 e. The van der Waals surface area contributed by atoms with E-state index in [1.165, 1.54) is 18.1 Å². The van der Waals surface area contributed by atoms with Crippen molar-refractivity contribution in [1.29, 1.82) is 0 Å². The maximum absolute atomic E-state index is 14.0. The molecule has 3 aliphatic carbocycles. The summed E-state index contributed by atoms with van der Waals surface area (Å²) < 4.78 is 5.86. The van der Waals surface area contributed by atoms with Gasteiger partial charge in [-0.3, -0.25) is 24.2 Å². The smallest absolute Gasteiger partial charge is 0.255 e. The molecule has 0 bridgehead atoms. The minimum atomic E-state index is -2.68. The van der Waals surface area contributed by atoms with Gasteiger partial charge in [-0.1, -0.05) is 20.8 Å². The number of nitrogens with zero attached hydrogens (tertiary/aromatic N) is 2. The number of Topliss-reactive ketones (excluding diaryl/α,β-unsaturated/α-hetero) is 2. The van der Waals surface area contributed by atoms with E-state index in [0.29, 0.717) is 23.4 Å². The Morgan fingerprint density at radius 3 is 2.23 bits per heavy atom. The van der Waals surface area contributed by atoms with Crippen molar-refractivity contribution in [3.8, 4) is 11.5 Å². The van der Waals surface area contributed by atoms with Gasteiger partial charge in [-0.2, -0.15) is 0 Å². The number of primary amides is 1.